The maximum Gasteiger partial charge on any atom is 1.00 e. The summed E-state index contributed by atoms with van der Waals surface area (Å²) in [6.07, 6.45) is 1.72. The Hall–Kier alpha value is 2.24. The molecule has 0 saturated heterocycles. The third-order valence-corrected chi connectivity index (χ3v) is 1.10. The summed E-state index contributed by atoms with van der Waals surface area (Å²) in [5.41, 5.74) is 0. The molecule has 5 heteroatoms. The minimum absolute atomic E-state index is 0. The van der Waals surface area contributed by atoms with Crippen LogP contribution in [0.15, 0.2) is 0 Å². The minimum Gasteiger partial charge on any atom is -0.767 e. The van der Waals surface area contributed by atoms with E-state index in [1.54, 1.807) is 6.26 Å². The Bertz CT molecular complexity index is 49.0. The normalized spacial score (nSPS) is 5.86. The minimum atomic E-state index is -0.190. The van der Waals surface area contributed by atoms with Gasteiger partial charge in [0, 0.05) is 0 Å². The molecular formula is C2H4Na2OS2. The van der Waals surface area contributed by atoms with Crippen LogP contribution in [-0.2, 0) is 24.4 Å². The van der Waals surface area contributed by atoms with Gasteiger partial charge < -0.3 is 29.2 Å². The predicted molar refractivity (Wildman–Crippen MR) is 27.4 cm³/mol. The number of carbonyl (C=O) groups is 1. The summed E-state index contributed by atoms with van der Waals surface area (Å²) >= 11 is 4.80. The van der Waals surface area contributed by atoms with Gasteiger partial charge >= 0.3 is 59.1 Å². The number of rotatable bonds is 0. The van der Waals surface area contributed by atoms with Gasteiger partial charge in [0.05, 0.1) is 0 Å². The zero-order valence-electron chi connectivity index (χ0n) is 4.76. The molecule has 0 fully saturated rings. The molecule has 0 N–H and O–H groups in total. The second-order valence-corrected chi connectivity index (χ2v) is 2.02. The molecule has 0 amide bonds. The van der Waals surface area contributed by atoms with Gasteiger partial charge in [0.25, 0.3) is 0 Å². The maximum atomic E-state index is 9.61. The Morgan fingerprint density at radius 3 is 1.71 bits per heavy atom. The molecule has 0 aliphatic heterocycles. The van der Waals surface area contributed by atoms with Gasteiger partial charge in [-0.25, -0.2) is 0 Å². The molecule has 0 unspecified atom stereocenters. The fourth-order valence-corrected chi connectivity index (χ4v) is 0. The zero-order chi connectivity index (χ0) is 4.28. The van der Waals surface area contributed by atoms with Gasteiger partial charge in [0.15, 0.2) is 0 Å². The quantitative estimate of drug-likeness (QED) is 0.196. The van der Waals surface area contributed by atoms with Crippen molar-refractivity contribution in [3.63, 3.8) is 0 Å². The van der Waals surface area contributed by atoms with E-state index in [0.717, 1.165) is 0 Å². The van der Waals surface area contributed by atoms with E-state index in [-0.39, 0.29) is 63.6 Å². The molecule has 0 aromatic carbocycles. The van der Waals surface area contributed by atoms with Crippen LogP contribution in [0.3, 0.4) is 0 Å². The predicted octanol–water partition coefficient (Wildman–Crippen LogP) is -5.89. The molecule has 0 aliphatic carbocycles. The molecule has 0 saturated carbocycles. The van der Waals surface area contributed by atoms with E-state index in [1.165, 1.54) is 0 Å². The number of hydrogen-bond donors (Lipinski definition) is 0. The van der Waals surface area contributed by atoms with Crippen LogP contribution in [-0.4, -0.2) is 10.7 Å². The Kier molecular flexibility index (Phi) is 25.5. The monoisotopic (exact) mass is 154 g/mol. The third kappa shape index (κ3) is 17.8. The molecule has 0 rings (SSSR count). The second-order valence-electron chi connectivity index (χ2n) is 0.490. The SMILES string of the molecule is C[SH-]C(=O)[S-].[Na+].[Na+]. The Morgan fingerprint density at radius 2 is 1.71 bits per heavy atom. The van der Waals surface area contributed by atoms with Crippen LogP contribution in [0.5, 0.6) is 0 Å². The number of hydrogen-bond acceptors (Lipinski definition) is 3. The van der Waals surface area contributed by atoms with Gasteiger partial charge in [-0.05, 0) is 0 Å². The largest absolute Gasteiger partial charge is 1.00 e. The van der Waals surface area contributed by atoms with Crippen LogP contribution >= 0.6 is 0 Å². The van der Waals surface area contributed by atoms with Crippen molar-refractivity contribution < 1.29 is 63.9 Å². The van der Waals surface area contributed by atoms with Crippen LogP contribution in [0.25, 0.3) is 0 Å². The van der Waals surface area contributed by atoms with Crippen LogP contribution in [0.2, 0.25) is 0 Å². The van der Waals surface area contributed by atoms with Gasteiger partial charge in [-0.1, -0.05) is 4.45 Å². The fraction of sp³-hybridized carbons (Fsp3) is 0.500. The van der Waals surface area contributed by atoms with Crippen molar-refractivity contribution in [1.29, 1.82) is 0 Å². The van der Waals surface area contributed by atoms with Crippen LogP contribution in [0.1, 0.15) is 0 Å². The number of carbonyl (C=O) groups excluding carboxylic acids is 1. The average Bonchev–Trinajstić information content (AvgIpc) is 1.38. The summed E-state index contributed by atoms with van der Waals surface area (Å²) in [7, 11) is 0. The van der Waals surface area contributed by atoms with Gasteiger partial charge in [0.2, 0.25) is 0 Å². The first-order valence-electron chi connectivity index (χ1n) is 1.08. The van der Waals surface area contributed by atoms with E-state index in [4.69, 9.17) is 0 Å². The van der Waals surface area contributed by atoms with E-state index >= 15 is 0 Å². The molecule has 7 heavy (non-hydrogen) atoms. The molecule has 0 spiro atoms. The summed E-state index contributed by atoms with van der Waals surface area (Å²) in [6.45, 7) is 0. The summed E-state index contributed by atoms with van der Waals surface area (Å²) in [5.74, 6) is 0. The second kappa shape index (κ2) is 11.1. The van der Waals surface area contributed by atoms with Crippen molar-refractivity contribution in [2.24, 2.45) is 0 Å². The molecule has 1 nitrogen and oxygen atoms in total. The molecule has 0 heterocycles. The fourth-order valence-electron chi connectivity index (χ4n) is 0. The smallest absolute Gasteiger partial charge is 0.767 e. The van der Waals surface area contributed by atoms with Crippen LogP contribution in [0, 0.1) is 0 Å². The first-order chi connectivity index (χ1) is 2.27. The maximum absolute atomic E-state index is 9.61. The van der Waals surface area contributed by atoms with E-state index < -0.39 is 0 Å². The molecule has 0 aliphatic rings. The summed E-state index contributed by atoms with van der Waals surface area (Å²) in [5, 5.41) is 0. The number of thiol groups is 1. The molecule has 0 bridgehead atoms. The van der Waals surface area contributed by atoms with Crippen molar-refractivity contribution in [2.75, 3.05) is 6.26 Å². The standard InChI is InChI=1S/C2H5OS2.2Na/c1-5-2(3)4;;/h5H,1H3,(H,3,4);;/q-1;2*+1/p-1. The Labute approximate surface area is 97.4 Å². The van der Waals surface area contributed by atoms with Crippen molar-refractivity contribution in [1.82, 2.24) is 0 Å². The van der Waals surface area contributed by atoms with Crippen LogP contribution in [0.4, 0.5) is 4.79 Å². The third-order valence-electron chi connectivity index (χ3n) is 0.183. The van der Waals surface area contributed by atoms with Crippen molar-refractivity contribution in [3.05, 3.63) is 0 Å². The molecule has 32 valence electrons. The molecule has 0 radical (unpaired) electrons. The van der Waals surface area contributed by atoms with Crippen molar-refractivity contribution in [3.8, 4) is 0 Å². The molecule has 0 aromatic heterocycles. The van der Waals surface area contributed by atoms with E-state index in [2.05, 4.69) is 12.6 Å². The first-order valence-corrected chi connectivity index (χ1v) is 2.83. The first kappa shape index (κ1) is 16.1. The van der Waals surface area contributed by atoms with E-state index in [1.807, 2.05) is 0 Å². The average molecular weight is 154 g/mol. The summed E-state index contributed by atoms with van der Waals surface area (Å²) in [4.78, 5) is 9.61. The van der Waals surface area contributed by atoms with Gasteiger partial charge in [0.1, 0.15) is 0 Å². The van der Waals surface area contributed by atoms with E-state index in [0.29, 0.717) is 11.8 Å². The van der Waals surface area contributed by atoms with Crippen molar-refractivity contribution >= 4 is 28.8 Å². The van der Waals surface area contributed by atoms with Gasteiger partial charge in [-0.15, -0.1) is 0 Å². The van der Waals surface area contributed by atoms with Crippen molar-refractivity contribution in [2.45, 2.75) is 0 Å². The van der Waals surface area contributed by atoms with Gasteiger partial charge in [-0.2, -0.15) is 6.26 Å². The molecular weight excluding hydrogens is 150 g/mol. The zero-order valence-corrected chi connectivity index (χ0v) is 10.5. The Morgan fingerprint density at radius 1 is 1.57 bits per heavy atom. The molecule has 0 aromatic rings. The summed E-state index contributed by atoms with van der Waals surface area (Å²) < 4.78 is -0.190. The topological polar surface area (TPSA) is 17.1 Å². The summed E-state index contributed by atoms with van der Waals surface area (Å²) in [6, 6.07) is 0. The Balaban J connectivity index is -0.0000000800. The van der Waals surface area contributed by atoms with Crippen LogP contribution < -0.4 is 59.1 Å². The van der Waals surface area contributed by atoms with E-state index in [9.17, 15) is 4.79 Å². The molecule has 0 atom stereocenters. The van der Waals surface area contributed by atoms with Gasteiger partial charge in [-0.3, -0.25) is 0 Å².